The number of nitrogens with one attached hydrogen (secondary N) is 1. The first kappa shape index (κ1) is 20.7. The number of benzene rings is 2. The van der Waals surface area contributed by atoms with E-state index in [4.69, 9.17) is 4.74 Å². The molecule has 0 saturated heterocycles. The van der Waals surface area contributed by atoms with Crippen molar-refractivity contribution in [3.05, 3.63) is 53.1 Å². The van der Waals surface area contributed by atoms with Crippen LogP contribution in [0.4, 0.5) is 5.69 Å². The van der Waals surface area contributed by atoms with Crippen molar-refractivity contribution < 1.29 is 13.2 Å². The van der Waals surface area contributed by atoms with Crippen molar-refractivity contribution in [2.75, 3.05) is 31.6 Å². The minimum Gasteiger partial charge on any atom is -0.495 e. The quantitative estimate of drug-likeness (QED) is 0.732. The Morgan fingerprint density at radius 2 is 2.00 bits per heavy atom. The van der Waals surface area contributed by atoms with Crippen molar-refractivity contribution in [2.24, 2.45) is 0 Å². The van der Waals surface area contributed by atoms with Crippen LogP contribution in [0.2, 0.25) is 0 Å². The van der Waals surface area contributed by atoms with Gasteiger partial charge >= 0.3 is 0 Å². The number of rotatable bonds is 8. The molecule has 0 aromatic heterocycles. The van der Waals surface area contributed by atoms with Crippen molar-refractivity contribution in [3.8, 4) is 5.75 Å². The molecular formula is C22H30N2O3S. The first-order valence-corrected chi connectivity index (χ1v) is 11.4. The van der Waals surface area contributed by atoms with Crippen LogP contribution in [0.3, 0.4) is 0 Å². The van der Waals surface area contributed by atoms with Crippen LogP contribution in [0.5, 0.6) is 5.75 Å². The minimum absolute atomic E-state index is 0.190. The predicted octanol–water partition coefficient (Wildman–Crippen LogP) is 3.69. The van der Waals surface area contributed by atoms with Crippen molar-refractivity contribution in [2.45, 2.75) is 44.4 Å². The zero-order valence-corrected chi connectivity index (χ0v) is 17.8. The van der Waals surface area contributed by atoms with Gasteiger partial charge in [-0.15, -0.1) is 0 Å². The van der Waals surface area contributed by atoms with Crippen LogP contribution in [0.1, 0.15) is 36.5 Å². The van der Waals surface area contributed by atoms with Crippen molar-refractivity contribution in [1.29, 1.82) is 0 Å². The van der Waals surface area contributed by atoms with E-state index in [0.717, 1.165) is 37.1 Å². The second-order valence-corrected chi connectivity index (χ2v) is 9.09. The molecule has 0 saturated carbocycles. The lowest BCUT2D eigenvalue weighted by Gasteiger charge is -2.31. The van der Waals surface area contributed by atoms with Gasteiger partial charge in [0.05, 0.1) is 7.11 Å². The highest BCUT2D eigenvalue weighted by Gasteiger charge is 2.20. The van der Waals surface area contributed by atoms with Gasteiger partial charge in [0.15, 0.2) is 0 Å². The Labute approximate surface area is 168 Å². The van der Waals surface area contributed by atoms with Crippen molar-refractivity contribution in [3.63, 3.8) is 0 Å². The smallest absolute Gasteiger partial charge is 0.244 e. The molecule has 2 aromatic carbocycles. The molecule has 6 heteroatoms. The topological polar surface area (TPSA) is 58.6 Å². The van der Waals surface area contributed by atoms with Crippen LogP contribution in [0.25, 0.3) is 0 Å². The molecule has 152 valence electrons. The number of methoxy groups -OCH3 is 1. The molecule has 2 aromatic rings. The van der Waals surface area contributed by atoms with Crippen LogP contribution in [0.15, 0.2) is 41.3 Å². The summed E-state index contributed by atoms with van der Waals surface area (Å²) in [6.45, 7) is 6.64. The van der Waals surface area contributed by atoms with Gasteiger partial charge in [0.1, 0.15) is 10.6 Å². The summed E-state index contributed by atoms with van der Waals surface area (Å²) in [4.78, 5) is 2.64. The summed E-state index contributed by atoms with van der Waals surface area (Å²) in [5, 5.41) is 0. The molecule has 0 unspecified atom stereocenters. The number of aryl methyl sites for hydroxylation is 2. The van der Waals surface area contributed by atoms with Gasteiger partial charge in [-0.3, -0.25) is 0 Å². The number of hydrogen-bond acceptors (Lipinski definition) is 4. The Hall–Kier alpha value is -2.05. The lowest BCUT2D eigenvalue weighted by molar-refractivity contribution is 0.402. The van der Waals surface area contributed by atoms with E-state index in [2.05, 4.69) is 34.7 Å². The monoisotopic (exact) mass is 402 g/mol. The van der Waals surface area contributed by atoms with Gasteiger partial charge in [0, 0.05) is 25.3 Å². The van der Waals surface area contributed by atoms with Crippen LogP contribution in [0, 0.1) is 6.92 Å². The lowest BCUT2D eigenvalue weighted by Crippen LogP contribution is -2.30. The molecule has 1 N–H and O–H groups in total. The average molecular weight is 403 g/mol. The fraction of sp³-hybridized carbons (Fsp3) is 0.455. The summed E-state index contributed by atoms with van der Waals surface area (Å²) >= 11 is 0. The molecule has 0 fully saturated rings. The molecule has 0 spiro atoms. The Kier molecular flexibility index (Phi) is 6.62. The van der Waals surface area contributed by atoms with Gasteiger partial charge in [0.2, 0.25) is 10.0 Å². The highest BCUT2D eigenvalue weighted by molar-refractivity contribution is 7.89. The average Bonchev–Trinajstić information content (AvgIpc) is 2.68. The third-order valence-electron chi connectivity index (χ3n) is 5.17. The SMILES string of the molecule is CCCN1CCCc2cc(CCNS(=O)(=O)c3cc(C)ccc3OC)ccc21. The van der Waals surface area contributed by atoms with Gasteiger partial charge in [-0.05, 0) is 67.5 Å². The molecule has 0 atom stereocenters. The van der Waals surface area contributed by atoms with E-state index in [1.165, 1.54) is 24.8 Å². The van der Waals surface area contributed by atoms with E-state index in [0.29, 0.717) is 18.7 Å². The number of hydrogen-bond donors (Lipinski definition) is 1. The molecule has 3 rings (SSSR count). The van der Waals surface area contributed by atoms with E-state index in [9.17, 15) is 8.42 Å². The Bertz CT molecular complexity index is 925. The number of anilines is 1. The molecular weight excluding hydrogens is 372 g/mol. The molecule has 0 bridgehead atoms. The molecule has 28 heavy (non-hydrogen) atoms. The van der Waals surface area contributed by atoms with Gasteiger partial charge in [-0.2, -0.15) is 0 Å². The first-order chi connectivity index (χ1) is 13.4. The summed E-state index contributed by atoms with van der Waals surface area (Å²) in [6.07, 6.45) is 4.08. The molecule has 1 aliphatic heterocycles. The standard InChI is InChI=1S/C22H30N2O3S/c1-4-13-24-14-5-6-19-16-18(8-9-20(19)24)11-12-23-28(25,26)22-15-17(2)7-10-21(22)27-3/h7-10,15-16,23H,4-6,11-14H2,1-3H3. The Morgan fingerprint density at radius 3 is 2.75 bits per heavy atom. The molecule has 0 amide bonds. The Morgan fingerprint density at radius 1 is 1.18 bits per heavy atom. The number of sulfonamides is 1. The highest BCUT2D eigenvalue weighted by atomic mass is 32.2. The summed E-state index contributed by atoms with van der Waals surface area (Å²) in [5.41, 5.74) is 4.76. The van der Waals surface area contributed by atoms with Crippen LogP contribution < -0.4 is 14.4 Å². The van der Waals surface area contributed by atoms with Gasteiger partial charge in [-0.1, -0.05) is 25.1 Å². The number of nitrogens with zero attached hydrogens (tertiary/aromatic N) is 1. The molecule has 1 heterocycles. The van der Waals surface area contributed by atoms with E-state index in [1.807, 2.05) is 13.0 Å². The maximum Gasteiger partial charge on any atom is 0.244 e. The van der Waals surface area contributed by atoms with Crippen LogP contribution in [-0.4, -0.2) is 35.2 Å². The normalized spacial score (nSPS) is 14.0. The fourth-order valence-electron chi connectivity index (χ4n) is 3.79. The largest absolute Gasteiger partial charge is 0.495 e. The zero-order chi connectivity index (χ0) is 20.1. The van der Waals surface area contributed by atoms with Crippen LogP contribution in [-0.2, 0) is 22.9 Å². The van der Waals surface area contributed by atoms with E-state index in [-0.39, 0.29) is 4.90 Å². The summed E-state index contributed by atoms with van der Waals surface area (Å²) in [5.74, 6) is 0.364. The molecule has 0 radical (unpaired) electrons. The summed E-state index contributed by atoms with van der Waals surface area (Å²) < 4.78 is 33.3. The lowest BCUT2D eigenvalue weighted by atomic mass is 9.98. The second kappa shape index (κ2) is 8.97. The number of fused-ring (bicyclic) bond motifs is 1. The Balaban J connectivity index is 1.67. The highest BCUT2D eigenvalue weighted by Crippen LogP contribution is 2.28. The summed E-state index contributed by atoms with van der Waals surface area (Å²) in [6, 6.07) is 11.7. The molecule has 1 aliphatic rings. The fourth-order valence-corrected chi connectivity index (χ4v) is 5.07. The maximum absolute atomic E-state index is 12.7. The van der Waals surface area contributed by atoms with Gasteiger partial charge in [-0.25, -0.2) is 13.1 Å². The predicted molar refractivity (Wildman–Crippen MR) is 114 cm³/mol. The third-order valence-corrected chi connectivity index (χ3v) is 6.65. The van der Waals surface area contributed by atoms with Crippen molar-refractivity contribution in [1.82, 2.24) is 4.72 Å². The van der Waals surface area contributed by atoms with E-state index in [1.54, 1.807) is 12.1 Å². The first-order valence-electron chi connectivity index (χ1n) is 9.95. The summed E-state index contributed by atoms with van der Waals surface area (Å²) in [7, 11) is -2.13. The molecule has 0 aliphatic carbocycles. The van der Waals surface area contributed by atoms with E-state index >= 15 is 0 Å². The van der Waals surface area contributed by atoms with Crippen LogP contribution >= 0.6 is 0 Å². The third kappa shape index (κ3) is 4.67. The second-order valence-electron chi connectivity index (χ2n) is 7.36. The number of ether oxygens (including phenoxy) is 1. The van der Waals surface area contributed by atoms with Gasteiger partial charge in [0.25, 0.3) is 0 Å². The van der Waals surface area contributed by atoms with Crippen molar-refractivity contribution >= 4 is 15.7 Å². The van der Waals surface area contributed by atoms with E-state index < -0.39 is 10.0 Å². The minimum atomic E-state index is -3.61. The zero-order valence-electron chi connectivity index (χ0n) is 17.0. The van der Waals surface area contributed by atoms with Gasteiger partial charge < -0.3 is 9.64 Å². The molecule has 5 nitrogen and oxygen atoms in total. The maximum atomic E-state index is 12.7.